The molecule has 4 nitrogen and oxygen atoms in total. The molecule has 0 spiro atoms. The van der Waals surface area contributed by atoms with E-state index in [0.29, 0.717) is 12.6 Å². The van der Waals surface area contributed by atoms with Crippen molar-refractivity contribution in [3.05, 3.63) is 29.8 Å². The predicted octanol–water partition coefficient (Wildman–Crippen LogP) is 2.51. The minimum atomic E-state index is -0.191. The number of rotatable bonds is 8. The fraction of sp³-hybridized carbons (Fsp3) is 0.588. The summed E-state index contributed by atoms with van der Waals surface area (Å²) in [6, 6.07) is 8.62. The van der Waals surface area contributed by atoms with E-state index in [9.17, 15) is 4.79 Å². The Morgan fingerprint density at radius 1 is 1.43 bits per heavy atom. The van der Waals surface area contributed by atoms with E-state index in [2.05, 4.69) is 36.3 Å². The molecule has 1 atom stereocenters. The SMILES string of the molecule is CCOC(=O)C(CCN(C)c1ccccc1C)NC1CC1. The van der Waals surface area contributed by atoms with Gasteiger partial charge in [-0.25, -0.2) is 0 Å². The normalized spacial score (nSPS) is 15.6. The molecule has 0 radical (unpaired) electrons. The Morgan fingerprint density at radius 3 is 2.76 bits per heavy atom. The average Bonchev–Trinajstić information content (AvgIpc) is 3.27. The Balaban J connectivity index is 1.90. The van der Waals surface area contributed by atoms with Gasteiger partial charge in [0.15, 0.2) is 0 Å². The number of anilines is 1. The molecule has 0 aromatic heterocycles. The van der Waals surface area contributed by atoms with E-state index < -0.39 is 0 Å². The first kappa shape index (κ1) is 15.8. The van der Waals surface area contributed by atoms with E-state index in [0.717, 1.165) is 13.0 Å². The van der Waals surface area contributed by atoms with Crippen LogP contribution in [0.25, 0.3) is 0 Å². The van der Waals surface area contributed by atoms with Crippen molar-refractivity contribution in [2.24, 2.45) is 0 Å². The van der Waals surface area contributed by atoms with Crippen LogP contribution in [0.3, 0.4) is 0 Å². The van der Waals surface area contributed by atoms with Crippen LogP contribution in [-0.2, 0) is 9.53 Å². The molecule has 1 unspecified atom stereocenters. The molecule has 1 fully saturated rings. The number of carbonyl (C=O) groups is 1. The van der Waals surface area contributed by atoms with Crippen LogP contribution < -0.4 is 10.2 Å². The molecule has 0 aliphatic heterocycles. The Morgan fingerprint density at radius 2 is 2.14 bits per heavy atom. The number of aryl methyl sites for hydroxylation is 1. The Bertz CT molecular complexity index is 472. The van der Waals surface area contributed by atoms with Crippen molar-refractivity contribution >= 4 is 11.7 Å². The molecule has 0 bridgehead atoms. The molecule has 2 rings (SSSR count). The number of hydrogen-bond donors (Lipinski definition) is 1. The second kappa shape index (κ2) is 7.46. The van der Waals surface area contributed by atoms with Gasteiger partial charge in [0, 0.05) is 25.3 Å². The summed E-state index contributed by atoms with van der Waals surface area (Å²) in [5, 5.41) is 3.40. The Hall–Kier alpha value is -1.55. The van der Waals surface area contributed by atoms with Gasteiger partial charge in [0.25, 0.3) is 0 Å². The second-order valence-corrected chi connectivity index (χ2v) is 5.74. The molecular formula is C17H26N2O2. The van der Waals surface area contributed by atoms with Crippen LogP contribution in [-0.4, -0.2) is 38.3 Å². The molecular weight excluding hydrogens is 264 g/mol. The third kappa shape index (κ3) is 4.74. The highest BCUT2D eigenvalue weighted by molar-refractivity contribution is 5.76. The number of esters is 1. The maximum atomic E-state index is 12.0. The highest BCUT2D eigenvalue weighted by Crippen LogP contribution is 2.21. The zero-order valence-electron chi connectivity index (χ0n) is 13.3. The minimum absolute atomic E-state index is 0.123. The van der Waals surface area contributed by atoms with Crippen molar-refractivity contribution in [2.45, 2.75) is 45.2 Å². The first-order valence-corrected chi connectivity index (χ1v) is 7.81. The number of nitrogens with one attached hydrogen (secondary N) is 1. The maximum absolute atomic E-state index is 12.0. The number of hydrogen-bond acceptors (Lipinski definition) is 4. The Labute approximate surface area is 127 Å². The van der Waals surface area contributed by atoms with Gasteiger partial charge >= 0.3 is 5.97 Å². The van der Waals surface area contributed by atoms with Gasteiger partial charge < -0.3 is 15.0 Å². The van der Waals surface area contributed by atoms with Crippen LogP contribution in [0, 0.1) is 6.92 Å². The molecule has 0 amide bonds. The fourth-order valence-electron chi connectivity index (χ4n) is 2.48. The first-order chi connectivity index (χ1) is 10.1. The molecule has 4 heteroatoms. The van der Waals surface area contributed by atoms with Gasteiger partial charge in [-0.15, -0.1) is 0 Å². The summed E-state index contributed by atoms with van der Waals surface area (Å²) >= 11 is 0. The summed E-state index contributed by atoms with van der Waals surface area (Å²) in [4.78, 5) is 14.2. The maximum Gasteiger partial charge on any atom is 0.323 e. The quantitative estimate of drug-likeness (QED) is 0.747. The monoisotopic (exact) mass is 290 g/mol. The number of benzene rings is 1. The molecule has 1 aromatic carbocycles. The van der Waals surface area contributed by atoms with Crippen molar-refractivity contribution in [3.8, 4) is 0 Å². The van der Waals surface area contributed by atoms with Crippen LogP contribution >= 0.6 is 0 Å². The van der Waals surface area contributed by atoms with Crippen LogP contribution in [0.4, 0.5) is 5.69 Å². The topological polar surface area (TPSA) is 41.6 Å². The zero-order chi connectivity index (χ0) is 15.2. The van der Waals surface area contributed by atoms with E-state index in [1.54, 1.807) is 0 Å². The summed E-state index contributed by atoms with van der Waals surface area (Å²) in [5.74, 6) is -0.123. The lowest BCUT2D eigenvalue weighted by Crippen LogP contribution is -2.41. The smallest absolute Gasteiger partial charge is 0.323 e. The highest BCUT2D eigenvalue weighted by atomic mass is 16.5. The number of carbonyl (C=O) groups excluding carboxylic acids is 1. The number of ether oxygens (including phenoxy) is 1. The van der Waals surface area contributed by atoms with Gasteiger partial charge in [0.1, 0.15) is 6.04 Å². The van der Waals surface area contributed by atoms with Crippen LogP contribution in [0.1, 0.15) is 31.7 Å². The van der Waals surface area contributed by atoms with Crippen LogP contribution in [0.2, 0.25) is 0 Å². The largest absolute Gasteiger partial charge is 0.465 e. The number of nitrogens with zero attached hydrogens (tertiary/aromatic N) is 1. The van der Waals surface area contributed by atoms with Crippen molar-refractivity contribution < 1.29 is 9.53 Å². The summed E-state index contributed by atoms with van der Waals surface area (Å²) in [5.41, 5.74) is 2.47. The summed E-state index contributed by atoms with van der Waals surface area (Å²) in [7, 11) is 2.07. The molecule has 1 aliphatic carbocycles. The third-order valence-electron chi connectivity index (χ3n) is 3.87. The van der Waals surface area contributed by atoms with E-state index in [-0.39, 0.29) is 12.0 Å². The molecule has 1 saturated carbocycles. The highest BCUT2D eigenvalue weighted by Gasteiger charge is 2.29. The van der Waals surface area contributed by atoms with E-state index >= 15 is 0 Å². The van der Waals surface area contributed by atoms with Gasteiger partial charge in [0.05, 0.1) is 6.61 Å². The molecule has 0 heterocycles. The molecule has 1 aromatic rings. The third-order valence-corrected chi connectivity index (χ3v) is 3.87. The summed E-state index contributed by atoms with van der Waals surface area (Å²) in [6.45, 7) is 5.23. The van der Waals surface area contributed by atoms with Crippen molar-refractivity contribution in [2.75, 3.05) is 25.1 Å². The van der Waals surface area contributed by atoms with Gasteiger partial charge in [-0.1, -0.05) is 18.2 Å². The molecule has 1 aliphatic rings. The second-order valence-electron chi connectivity index (χ2n) is 5.74. The molecule has 1 N–H and O–H groups in total. The number of para-hydroxylation sites is 1. The standard InChI is InChI=1S/C17H26N2O2/c1-4-21-17(20)15(18-14-9-10-14)11-12-19(3)16-8-6-5-7-13(16)2/h5-8,14-15,18H,4,9-12H2,1-3H3. The van der Waals surface area contributed by atoms with Gasteiger partial charge in [0.2, 0.25) is 0 Å². The van der Waals surface area contributed by atoms with Crippen LogP contribution in [0.15, 0.2) is 24.3 Å². The summed E-state index contributed by atoms with van der Waals surface area (Å²) < 4.78 is 5.17. The molecule has 21 heavy (non-hydrogen) atoms. The van der Waals surface area contributed by atoms with Gasteiger partial charge in [-0.05, 0) is 44.7 Å². The lowest BCUT2D eigenvalue weighted by atomic mass is 10.1. The lowest BCUT2D eigenvalue weighted by molar-refractivity contribution is -0.145. The molecule has 116 valence electrons. The van der Waals surface area contributed by atoms with E-state index in [1.165, 1.54) is 24.1 Å². The first-order valence-electron chi connectivity index (χ1n) is 7.81. The summed E-state index contributed by atoms with van der Waals surface area (Å²) in [6.07, 6.45) is 3.10. The lowest BCUT2D eigenvalue weighted by Gasteiger charge is -2.24. The van der Waals surface area contributed by atoms with Crippen molar-refractivity contribution in [1.29, 1.82) is 0 Å². The van der Waals surface area contributed by atoms with Crippen LogP contribution in [0.5, 0.6) is 0 Å². The van der Waals surface area contributed by atoms with Gasteiger partial charge in [-0.2, -0.15) is 0 Å². The van der Waals surface area contributed by atoms with Crippen molar-refractivity contribution in [3.63, 3.8) is 0 Å². The molecule has 0 saturated heterocycles. The zero-order valence-corrected chi connectivity index (χ0v) is 13.3. The Kier molecular flexibility index (Phi) is 5.62. The van der Waals surface area contributed by atoms with Gasteiger partial charge in [-0.3, -0.25) is 4.79 Å². The fourth-order valence-corrected chi connectivity index (χ4v) is 2.48. The minimum Gasteiger partial charge on any atom is -0.465 e. The van der Waals surface area contributed by atoms with E-state index in [4.69, 9.17) is 4.74 Å². The van der Waals surface area contributed by atoms with Crippen molar-refractivity contribution in [1.82, 2.24) is 5.32 Å². The predicted molar refractivity (Wildman–Crippen MR) is 85.6 cm³/mol. The van der Waals surface area contributed by atoms with E-state index in [1.807, 2.05) is 19.1 Å². The average molecular weight is 290 g/mol.